The summed E-state index contributed by atoms with van der Waals surface area (Å²) in [7, 11) is 0. The molecule has 2 heterocycles. The van der Waals surface area contributed by atoms with Gasteiger partial charge in [-0.05, 0) is 33.8 Å². The van der Waals surface area contributed by atoms with Gasteiger partial charge in [-0.2, -0.15) is 0 Å². The lowest BCUT2D eigenvalue weighted by Gasteiger charge is -2.19. The zero-order valence-corrected chi connectivity index (χ0v) is 14.7. The van der Waals surface area contributed by atoms with Crippen molar-refractivity contribution >= 4 is 33.1 Å². The molecular weight excluding hydrogens is 334 g/mol. The van der Waals surface area contributed by atoms with Crippen LogP contribution < -0.4 is 5.32 Å². The van der Waals surface area contributed by atoms with Gasteiger partial charge in [0.15, 0.2) is 5.82 Å². The first-order valence-corrected chi connectivity index (χ1v) is 8.46. The number of thiophene rings is 1. The number of nitrogens with one attached hydrogen (secondary N) is 1. The molecule has 0 amide bonds. The third-order valence-corrected chi connectivity index (χ3v) is 4.70. The highest BCUT2D eigenvalue weighted by Crippen LogP contribution is 2.33. The molecule has 0 aliphatic carbocycles. The number of halogens is 1. The van der Waals surface area contributed by atoms with Crippen molar-refractivity contribution < 1.29 is 0 Å². The lowest BCUT2D eigenvalue weighted by Crippen LogP contribution is -2.16. The van der Waals surface area contributed by atoms with Gasteiger partial charge in [-0.3, -0.25) is 0 Å². The molecular formula is C15H20BrN3S. The minimum Gasteiger partial charge on any atom is -0.370 e. The average Bonchev–Trinajstić information content (AvgIpc) is 2.81. The summed E-state index contributed by atoms with van der Waals surface area (Å²) >= 11 is 5.22. The molecule has 0 aliphatic heterocycles. The number of hydrogen-bond donors (Lipinski definition) is 1. The molecule has 2 aromatic heterocycles. The Hall–Kier alpha value is -0.940. The standard InChI is InChI=1S/C15H20BrN3S/c1-5-7-17-12-9-11(15(2,3)4)18-14(19-12)13-10(16)6-8-20-13/h6,8-9H,5,7H2,1-4H3,(H,17,18,19). The van der Waals surface area contributed by atoms with Crippen molar-refractivity contribution in [2.24, 2.45) is 0 Å². The third-order valence-electron chi connectivity index (χ3n) is 2.87. The van der Waals surface area contributed by atoms with Gasteiger partial charge < -0.3 is 5.32 Å². The monoisotopic (exact) mass is 353 g/mol. The Bertz CT molecular complexity index is 587. The maximum Gasteiger partial charge on any atom is 0.173 e. The molecule has 2 rings (SSSR count). The van der Waals surface area contributed by atoms with Crippen LogP contribution >= 0.6 is 27.3 Å². The number of hydrogen-bond acceptors (Lipinski definition) is 4. The van der Waals surface area contributed by atoms with E-state index in [1.165, 1.54) is 0 Å². The molecule has 0 spiro atoms. The molecule has 0 bridgehead atoms. The normalized spacial score (nSPS) is 11.7. The Morgan fingerprint density at radius 2 is 2.05 bits per heavy atom. The molecule has 0 saturated carbocycles. The molecule has 3 nitrogen and oxygen atoms in total. The highest BCUT2D eigenvalue weighted by Gasteiger charge is 2.19. The Morgan fingerprint density at radius 3 is 2.60 bits per heavy atom. The molecule has 0 aliphatic rings. The zero-order valence-electron chi connectivity index (χ0n) is 12.3. The second-order valence-electron chi connectivity index (χ2n) is 5.74. The summed E-state index contributed by atoms with van der Waals surface area (Å²) < 4.78 is 1.05. The van der Waals surface area contributed by atoms with E-state index < -0.39 is 0 Å². The summed E-state index contributed by atoms with van der Waals surface area (Å²) in [6.07, 6.45) is 1.08. The minimum absolute atomic E-state index is 0.00404. The summed E-state index contributed by atoms with van der Waals surface area (Å²) in [4.78, 5) is 10.5. The maximum atomic E-state index is 4.75. The molecule has 0 radical (unpaired) electrons. The summed E-state index contributed by atoms with van der Waals surface area (Å²) in [5.41, 5.74) is 1.06. The second kappa shape index (κ2) is 6.22. The van der Waals surface area contributed by atoms with Gasteiger partial charge in [-0.1, -0.05) is 27.7 Å². The van der Waals surface area contributed by atoms with E-state index in [0.29, 0.717) is 0 Å². The number of rotatable bonds is 4. The van der Waals surface area contributed by atoms with E-state index in [0.717, 1.165) is 39.7 Å². The summed E-state index contributed by atoms with van der Waals surface area (Å²) in [5.74, 6) is 1.69. The van der Waals surface area contributed by atoms with Crippen molar-refractivity contribution in [3.63, 3.8) is 0 Å². The fourth-order valence-electron chi connectivity index (χ4n) is 1.73. The van der Waals surface area contributed by atoms with E-state index in [4.69, 9.17) is 4.98 Å². The molecule has 1 N–H and O–H groups in total. The second-order valence-corrected chi connectivity index (χ2v) is 7.51. The van der Waals surface area contributed by atoms with Crippen molar-refractivity contribution in [1.82, 2.24) is 9.97 Å². The lowest BCUT2D eigenvalue weighted by atomic mass is 9.92. The smallest absolute Gasteiger partial charge is 0.173 e. The molecule has 0 unspecified atom stereocenters. The summed E-state index contributed by atoms with van der Waals surface area (Å²) in [5, 5.41) is 5.41. The van der Waals surface area contributed by atoms with Crippen LogP contribution in [0.5, 0.6) is 0 Å². The molecule has 20 heavy (non-hydrogen) atoms. The van der Waals surface area contributed by atoms with Crippen LogP contribution in [0.25, 0.3) is 10.7 Å². The van der Waals surface area contributed by atoms with Crippen molar-refractivity contribution in [3.05, 3.63) is 27.7 Å². The Balaban J connectivity index is 2.48. The third kappa shape index (κ3) is 3.58. The van der Waals surface area contributed by atoms with E-state index >= 15 is 0 Å². The summed E-state index contributed by atoms with van der Waals surface area (Å²) in [6.45, 7) is 9.59. The van der Waals surface area contributed by atoms with E-state index in [1.54, 1.807) is 11.3 Å². The summed E-state index contributed by atoms with van der Waals surface area (Å²) in [6, 6.07) is 4.09. The Kier molecular flexibility index (Phi) is 4.81. The van der Waals surface area contributed by atoms with Gasteiger partial charge in [0.2, 0.25) is 0 Å². The van der Waals surface area contributed by atoms with Gasteiger partial charge in [-0.25, -0.2) is 9.97 Å². The molecule has 0 atom stereocenters. The van der Waals surface area contributed by atoms with Crippen LogP contribution in [0.1, 0.15) is 39.8 Å². The predicted molar refractivity (Wildman–Crippen MR) is 90.5 cm³/mol. The highest BCUT2D eigenvalue weighted by atomic mass is 79.9. The van der Waals surface area contributed by atoms with E-state index in [2.05, 4.69) is 60.0 Å². The van der Waals surface area contributed by atoms with Crippen molar-refractivity contribution in [1.29, 1.82) is 0 Å². The van der Waals surface area contributed by atoms with Crippen LogP contribution in [0.15, 0.2) is 22.0 Å². The largest absolute Gasteiger partial charge is 0.370 e. The highest BCUT2D eigenvalue weighted by molar-refractivity contribution is 9.10. The van der Waals surface area contributed by atoms with Gasteiger partial charge in [0.1, 0.15) is 5.82 Å². The van der Waals surface area contributed by atoms with Crippen molar-refractivity contribution in [3.8, 4) is 10.7 Å². The fraction of sp³-hybridized carbons (Fsp3) is 0.467. The average molecular weight is 354 g/mol. The van der Waals surface area contributed by atoms with Gasteiger partial charge in [0.05, 0.1) is 10.6 Å². The predicted octanol–water partition coefficient (Wildman–Crippen LogP) is 5.09. The quantitative estimate of drug-likeness (QED) is 0.831. The molecule has 5 heteroatoms. The van der Waals surface area contributed by atoms with Crippen LogP contribution in [0, 0.1) is 0 Å². The lowest BCUT2D eigenvalue weighted by molar-refractivity contribution is 0.568. The van der Waals surface area contributed by atoms with Crippen LogP contribution in [-0.4, -0.2) is 16.5 Å². The van der Waals surface area contributed by atoms with Crippen LogP contribution in [0.2, 0.25) is 0 Å². The Labute approximate surface area is 133 Å². The minimum atomic E-state index is 0.00404. The molecule has 0 saturated heterocycles. The van der Waals surface area contributed by atoms with Gasteiger partial charge in [0.25, 0.3) is 0 Å². The van der Waals surface area contributed by atoms with Crippen LogP contribution in [0.4, 0.5) is 5.82 Å². The fourth-order valence-corrected chi connectivity index (χ4v) is 3.21. The Morgan fingerprint density at radius 1 is 1.30 bits per heavy atom. The van der Waals surface area contributed by atoms with Gasteiger partial charge >= 0.3 is 0 Å². The zero-order chi connectivity index (χ0) is 14.8. The molecule has 108 valence electrons. The van der Waals surface area contributed by atoms with Crippen LogP contribution in [0.3, 0.4) is 0 Å². The molecule has 2 aromatic rings. The number of aromatic nitrogens is 2. The van der Waals surface area contributed by atoms with Crippen LogP contribution in [-0.2, 0) is 5.41 Å². The number of nitrogens with zero attached hydrogens (tertiary/aromatic N) is 2. The molecule has 0 fully saturated rings. The first-order chi connectivity index (χ1) is 9.41. The maximum absolute atomic E-state index is 4.75. The molecule has 0 aromatic carbocycles. The van der Waals surface area contributed by atoms with E-state index in [-0.39, 0.29) is 5.41 Å². The van der Waals surface area contributed by atoms with Crippen molar-refractivity contribution in [2.75, 3.05) is 11.9 Å². The number of anilines is 1. The first kappa shape index (κ1) is 15.4. The first-order valence-electron chi connectivity index (χ1n) is 6.78. The van der Waals surface area contributed by atoms with E-state index in [1.807, 2.05) is 11.4 Å². The van der Waals surface area contributed by atoms with Crippen molar-refractivity contribution in [2.45, 2.75) is 39.5 Å². The van der Waals surface area contributed by atoms with Gasteiger partial charge in [0, 0.05) is 22.5 Å². The topological polar surface area (TPSA) is 37.8 Å². The van der Waals surface area contributed by atoms with Gasteiger partial charge in [-0.15, -0.1) is 11.3 Å². The van der Waals surface area contributed by atoms with E-state index in [9.17, 15) is 0 Å². The SMILES string of the molecule is CCCNc1cc(C(C)(C)C)nc(-c2sccc2Br)n1.